The van der Waals surface area contributed by atoms with Gasteiger partial charge in [0.15, 0.2) is 17.1 Å². The van der Waals surface area contributed by atoms with Gasteiger partial charge in [-0.2, -0.15) is 0 Å². The van der Waals surface area contributed by atoms with E-state index >= 15 is 0 Å². The molecule has 40 heavy (non-hydrogen) atoms. The molecule has 0 bridgehead atoms. The number of imidazole rings is 1. The molecule has 2 heterocycles. The highest BCUT2D eigenvalue weighted by Gasteiger charge is 2.27. The third-order valence-corrected chi connectivity index (χ3v) is 7.34. The largest absolute Gasteiger partial charge is 1.00 e. The van der Waals surface area contributed by atoms with Crippen LogP contribution in [0.1, 0.15) is 22.7 Å². The lowest BCUT2D eigenvalue weighted by Crippen LogP contribution is -3.00. The molecule has 0 aliphatic carbocycles. The van der Waals surface area contributed by atoms with Gasteiger partial charge in [0.1, 0.15) is 17.7 Å². The number of hydrogen-bond acceptors (Lipinski definition) is 3. The molecule has 1 unspecified atom stereocenters. The third-order valence-electron chi connectivity index (χ3n) is 7.34. The molecule has 1 atom stereocenters. The number of nitrogens with zero attached hydrogens (tertiary/aromatic N) is 3. The van der Waals surface area contributed by atoms with Crippen LogP contribution in [0, 0.1) is 10.1 Å². The van der Waals surface area contributed by atoms with Gasteiger partial charge in [-0.05, 0) is 48.0 Å². The van der Waals surface area contributed by atoms with Gasteiger partial charge in [-0.3, -0.25) is 10.1 Å². The molecule has 7 heteroatoms. The number of benzene rings is 5. The first-order valence-electron chi connectivity index (χ1n) is 12.8. The second-order valence-corrected chi connectivity index (χ2v) is 9.73. The first-order valence-corrected chi connectivity index (χ1v) is 12.8. The lowest BCUT2D eigenvalue weighted by atomic mass is 9.96. The number of nitro groups is 1. The molecule has 2 aromatic heterocycles. The van der Waals surface area contributed by atoms with Crippen LogP contribution in [0.15, 0.2) is 132 Å². The van der Waals surface area contributed by atoms with E-state index in [0.717, 1.165) is 44.1 Å². The van der Waals surface area contributed by atoms with Crippen molar-refractivity contribution in [1.29, 1.82) is 0 Å². The number of furan rings is 1. The van der Waals surface area contributed by atoms with Gasteiger partial charge in [-0.15, -0.1) is 0 Å². The van der Waals surface area contributed by atoms with Crippen LogP contribution in [0.4, 0.5) is 5.69 Å². The van der Waals surface area contributed by atoms with Gasteiger partial charge in [0.2, 0.25) is 6.33 Å². The van der Waals surface area contributed by atoms with Gasteiger partial charge in [0, 0.05) is 34.0 Å². The average molecular weight is 590 g/mol. The molecule has 0 aliphatic rings. The van der Waals surface area contributed by atoms with E-state index in [4.69, 9.17) is 4.42 Å². The van der Waals surface area contributed by atoms with Gasteiger partial charge in [0.25, 0.3) is 5.69 Å². The Hall–Kier alpha value is -4.75. The van der Waals surface area contributed by atoms with E-state index in [1.165, 1.54) is 5.56 Å². The van der Waals surface area contributed by atoms with Gasteiger partial charge in [0.05, 0.1) is 4.92 Å². The second-order valence-electron chi connectivity index (χ2n) is 9.73. The summed E-state index contributed by atoms with van der Waals surface area (Å²) in [6.07, 6.45) is 2.15. The first-order chi connectivity index (χ1) is 19.2. The summed E-state index contributed by atoms with van der Waals surface area (Å²) < 4.78 is 10.6. The van der Waals surface area contributed by atoms with E-state index in [1.54, 1.807) is 12.1 Å². The van der Waals surface area contributed by atoms with Crippen LogP contribution in [0.3, 0.4) is 0 Å². The Labute approximate surface area is 240 Å². The van der Waals surface area contributed by atoms with E-state index in [9.17, 15) is 10.1 Å². The number of halogens is 1. The van der Waals surface area contributed by atoms with Crippen molar-refractivity contribution in [2.24, 2.45) is 0 Å². The standard InChI is InChI=1S/C33H24N3O3.BrH/c37-36(38)26-17-14-23(15-18-26)21-34-22-35(30-12-6-5-11-29(30)34)33(24-8-2-1-3-9-24)25-16-19-32-28(20-25)27-10-4-7-13-31(27)39-32;/h1-20,22,33H,21H2;1H/q+1;/p-1. The monoisotopic (exact) mass is 589 g/mol. The molecule has 0 N–H and O–H groups in total. The number of non-ortho nitro benzene ring substituents is 1. The topological polar surface area (TPSA) is 65.1 Å². The molecule has 5 aromatic carbocycles. The molecule has 0 radical (unpaired) electrons. The van der Waals surface area contributed by atoms with Crippen molar-refractivity contribution >= 4 is 38.7 Å². The highest BCUT2D eigenvalue weighted by Crippen LogP contribution is 2.35. The summed E-state index contributed by atoms with van der Waals surface area (Å²) in [5.74, 6) is 0. The molecule has 6 nitrogen and oxygen atoms in total. The maximum Gasteiger partial charge on any atom is 0.269 e. The second kappa shape index (κ2) is 10.4. The lowest BCUT2D eigenvalue weighted by molar-refractivity contribution is -0.663. The Balaban J connectivity index is 0.00000289. The Kier molecular flexibility index (Phi) is 6.66. The van der Waals surface area contributed by atoms with Crippen LogP contribution < -0.4 is 21.5 Å². The Morgan fingerprint density at radius 3 is 2.25 bits per heavy atom. The quantitative estimate of drug-likeness (QED) is 0.164. The molecule has 0 amide bonds. The SMILES string of the molecule is O=[N+]([O-])c1ccc(C[n+]2cn(C(c3ccccc3)c3ccc4oc5ccccc5c4c3)c3ccccc32)cc1.[Br-]. The minimum absolute atomic E-state index is 0. The summed E-state index contributed by atoms with van der Waals surface area (Å²) in [6, 6.07) is 40.2. The Bertz CT molecular complexity index is 1980. The molecule has 0 saturated carbocycles. The fraction of sp³-hybridized carbons (Fsp3) is 0.0606. The zero-order chi connectivity index (χ0) is 26.3. The van der Waals surface area contributed by atoms with Crippen molar-refractivity contribution in [1.82, 2.24) is 4.57 Å². The molecular formula is C33H24BrN3O3. The number of aromatic nitrogens is 2. The van der Waals surface area contributed by atoms with Crippen LogP contribution >= 0.6 is 0 Å². The summed E-state index contributed by atoms with van der Waals surface area (Å²) in [5, 5.41) is 13.3. The molecule has 7 aromatic rings. The van der Waals surface area contributed by atoms with E-state index in [0.29, 0.717) is 6.54 Å². The summed E-state index contributed by atoms with van der Waals surface area (Å²) >= 11 is 0. The molecular weight excluding hydrogens is 566 g/mol. The molecule has 0 spiro atoms. The predicted molar refractivity (Wildman–Crippen MR) is 152 cm³/mol. The van der Waals surface area contributed by atoms with Crippen LogP contribution in [0.2, 0.25) is 0 Å². The van der Waals surface area contributed by atoms with E-state index in [1.807, 2.05) is 42.5 Å². The van der Waals surface area contributed by atoms with E-state index < -0.39 is 0 Å². The number of rotatable bonds is 6. The zero-order valence-corrected chi connectivity index (χ0v) is 22.9. The van der Waals surface area contributed by atoms with Crippen LogP contribution in [0.5, 0.6) is 0 Å². The fourth-order valence-corrected chi connectivity index (χ4v) is 5.51. The van der Waals surface area contributed by atoms with Gasteiger partial charge < -0.3 is 21.4 Å². The summed E-state index contributed by atoms with van der Waals surface area (Å²) in [7, 11) is 0. The van der Waals surface area contributed by atoms with E-state index in [2.05, 4.69) is 82.2 Å². The summed E-state index contributed by atoms with van der Waals surface area (Å²) in [6.45, 7) is 0.596. The Morgan fingerprint density at radius 2 is 1.45 bits per heavy atom. The van der Waals surface area contributed by atoms with Gasteiger partial charge in [-0.1, -0.05) is 66.7 Å². The number of hydrogen-bond donors (Lipinski definition) is 0. The molecule has 0 saturated heterocycles. The normalized spacial score (nSPS) is 12.0. The minimum atomic E-state index is -0.368. The van der Waals surface area contributed by atoms with Crippen molar-refractivity contribution in [3.63, 3.8) is 0 Å². The first kappa shape index (κ1) is 25.5. The van der Waals surface area contributed by atoms with Gasteiger partial charge in [-0.25, -0.2) is 9.13 Å². The van der Waals surface area contributed by atoms with Gasteiger partial charge >= 0.3 is 0 Å². The lowest BCUT2D eigenvalue weighted by Gasteiger charge is -2.16. The Morgan fingerprint density at radius 1 is 0.750 bits per heavy atom. The van der Waals surface area contributed by atoms with Crippen LogP contribution in [-0.4, -0.2) is 9.49 Å². The zero-order valence-electron chi connectivity index (χ0n) is 21.4. The average Bonchev–Trinajstić information content (AvgIpc) is 3.52. The molecule has 196 valence electrons. The van der Waals surface area contributed by atoms with Crippen LogP contribution in [-0.2, 0) is 6.54 Å². The number of para-hydroxylation sites is 3. The summed E-state index contributed by atoms with van der Waals surface area (Å²) in [5.41, 5.74) is 7.37. The van der Waals surface area contributed by atoms with E-state index in [-0.39, 0.29) is 33.6 Å². The highest BCUT2D eigenvalue weighted by molar-refractivity contribution is 6.05. The number of fused-ring (bicyclic) bond motifs is 4. The summed E-state index contributed by atoms with van der Waals surface area (Å²) in [4.78, 5) is 10.8. The smallest absolute Gasteiger partial charge is 0.269 e. The minimum Gasteiger partial charge on any atom is -1.00 e. The van der Waals surface area contributed by atoms with Crippen molar-refractivity contribution in [3.05, 3.63) is 154 Å². The van der Waals surface area contributed by atoms with Crippen LogP contribution in [0.25, 0.3) is 33.0 Å². The third kappa shape index (κ3) is 4.44. The predicted octanol–water partition coefficient (Wildman–Crippen LogP) is 4.43. The maximum atomic E-state index is 11.1. The van der Waals surface area contributed by atoms with Crippen molar-refractivity contribution in [3.8, 4) is 0 Å². The molecule has 7 rings (SSSR count). The fourth-order valence-electron chi connectivity index (χ4n) is 5.51. The molecule has 0 fully saturated rings. The maximum absolute atomic E-state index is 11.1. The molecule has 0 aliphatic heterocycles. The van der Waals surface area contributed by atoms with Crippen molar-refractivity contribution < 1.29 is 30.9 Å². The number of nitro benzene ring substituents is 1. The highest BCUT2D eigenvalue weighted by atomic mass is 79.9. The van der Waals surface area contributed by atoms with Crippen molar-refractivity contribution in [2.45, 2.75) is 12.6 Å². The van der Waals surface area contributed by atoms with Crippen molar-refractivity contribution in [2.75, 3.05) is 0 Å².